The van der Waals surface area contributed by atoms with Crippen LogP contribution in [0.4, 0.5) is 10.5 Å². The molecule has 1 aliphatic heterocycles. The molecule has 45 heavy (non-hydrogen) atoms. The highest BCUT2D eigenvalue weighted by Crippen LogP contribution is 2.30. The molecule has 1 fully saturated rings. The maximum atomic E-state index is 12.7. The maximum absolute atomic E-state index is 12.7. The summed E-state index contributed by atoms with van der Waals surface area (Å²) >= 11 is 0. The number of carbonyl (C=O) groups excluding carboxylic acids is 2. The van der Waals surface area contributed by atoms with Crippen molar-refractivity contribution in [1.29, 1.82) is 0 Å². The van der Waals surface area contributed by atoms with Crippen molar-refractivity contribution in [3.8, 4) is 16.9 Å². The maximum Gasteiger partial charge on any atom is 0.415 e. The van der Waals surface area contributed by atoms with E-state index in [0.29, 0.717) is 31.7 Å². The molecule has 0 saturated carbocycles. The van der Waals surface area contributed by atoms with Gasteiger partial charge >= 0.3 is 18.3 Å². The van der Waals surface area contributed by atoms with E-state index < -0.39 is 30.4 Å². The quantitative estimate of drug-likeness (QED) is 0.119. The van der Waals surface area contributed by atoms with Gasteiger partial charge in [0.1, 0.15) is 18.4 Å². The summed E-state index contributed by atoms with van der Waals surface area (Å²) in [6.07, 6.45) is 3.56. The number of rotatable bonds is 10. The van der Waals surface area contributed by atoms with E-state index in [2.05, 4.69) is 22.4 Å². The van der Waals surface area contributed by atoms with Crippen molar-refractivity contribution in [2.75, 3.05) is 19.0 Å². The topological polar surface area (TPSA) is 116 Å². The van der Waals surface area contributed by atoms with E-state index in [1.165, 1.54) is 12.0 Å². The van der Waals surface area contributed by atoms with Crippen LogP contribution in [0.25, 0.3) is 11.1 Å². The minimum Gasteiger partial charge on any atom is -0.846 e. The van der Waals surface area contributed by atoms with Gasteiger partial charge in [-0.15, -0.1) is 0 Å². The Labute approximate surface area is 262 Å². The van der Waals surface area contributed by atoms with E-state index in [9.17, 15) is 14.7 Å². The van der Waals surface area contributed by atoms with Gasteiger partial charge in [0.05, 0.1) is 19.7 Å². The predicted octanol–water partition coefficient (Wildman–Crippen LogP) is 4.84. The predicted molar refractivity (Wildman–Crippen MR) is 167 cm³/mol. The zero-order chi connectivity index (χ0) is 31.6. The number of aliphatic imine (C=N–C) groups is 1. The van der Waals surface area contributed by atoms with Gasteiger partial charge in [-0.1, -0.05) is 60.7 Å². The van der Waals surface area contributed by atoms with Crippen LogP contribution in [0.5, 0.6) is 5.75 Å². The summed E-state index contributed by atoms with van der Waals surface area (Å²) in [4.78, 5) is 30.2. The van der Waals surface area contributed by atoms with E-state index >= 15 is 0 Å². The lowest BCUT2D eigenvalue weighted by atomic mass is 10.0. The number of nitrogens with one attached hydrogen (secondary N) is 1. The van der Waals surface area contributed by atoms with Crippen molar-refractivity contribution in [3.05, 3.63) is 115 Å². The number of aromatic nitrogens is 1. The molecule has 1 amide bonds. The van der Waals surface area contributed by atoms with Gasteiger partial charge in [-0.3, -0.25) is 9.89 Å². The number of ether oxygens (including phenoxy) is 3. The Morgan fingerprint density at radius 3 is 2.53 bits per heavy atom. The largest absolute Gasteiger partial charge is 0.846 e. The van der Waals surface area contributed by atoms with Crippen molar-refractivity contribution in [3.63, 3.8) is 0 Å². The summed E-state index contributed by atoms with van der Waals surface area (Å²) in [5.41, 5.74) is 4.45. The number of esters is 1. The van der Waals surface area contributed by atoms with Gasteiger partial charge in [0.2, 0.25) is 0 Å². The number of pyridine rings is 1. The first kappa shape index (κ1) is 31.1. The van der Waals surface area contributed by atoms with Crippen LogP contribution in [0.2, 0.25) is 0 Å². The molecule has 232 valence electrons. The first-order valence-corrected chi connectivity index (χ1v) is 14.8. The molecule has 3 aromatic carbocycles. The summed E-state index contributed by atoms with van der Waals surface area (Å²) in [6, 6.07) is 28.0. The van der Waals surface area contributed by atoms with Crippen LogP contribution in [-0.2, 0) is 27.4 Å². The lowest BCUT2D eigenvalue weighted by Gasteiger charge is -2.22. The van der Waals surface area contributed by atoms with Gasteiger partial charge in [-0.25, -0.2) is 9.59 Å². The highest BCUT2D eigenvalue weighted by atomic mass is 16.6. The number of amidine groups is 1. The van der Waals surface area contributed by atoms with E-state index in [0.717, 1.165) is 28.0 Å². The summed E-state index contributed by atoms with van der Waals surface area (Å²) < 4.78 is 18.2. The Morgan fingerprint density at radius 2 is 1.76 bits per heavy atom. The number of para-hydroxylation sites is 1. The molecule has 1 N–H and O–H groups in total. The molecule has 5 rings (SSSR count). The summed E-state index contributed by atoms with van der Waals surface area (Å²) in [5.74, 6) is 0.353. The highest BCUT2D eigenvalue weighted by molar-refractivity contribution is 5.85. The molecule has 1 saturated heterocycles. The number of hydrogen-bond acceptors (Lipinski definition) is 7. The molecule has 0 bridgehead atoms. The third-order valence-electron chi connectivity index (χ3n) is 7.51. The third kappa shape index (κ3) is 8.17. The van der Waals surface area contributed by atoms with E-state index in [4.69, 9.17) is 14.2 Å². The summed E-state index contributed by atoms with van der Waals surface area (Å²) in [5, 5.41) is 15.3. The average molecular weight is 609 g/mol. The number of nitrogens with zero attached hydrogens (tertiary/aromatic N) is 3. The lowest BCUT2D eigenvalue weighted by molar-refractivity contribution is -0.753. The van der Waals surface area contributed by atoms with Gasteiger partial charge in [0.15, 0.2) is 12.4 Å². The van der Waals surface area contributed by atoms with Gasteiger partial charge in [0.25, 0.3) is 0 Å². The SMILES string of the molecule is COC(=O)[C@@H]1CCCN1C(=O)OC(C)[n+]1cccc(CN=C([O-])Nc2ccc(COc3ccccc3-c3ccccc3)cc2)c1. The molecule has 0 aliphatic carbocycles. The first-order valence-electron chi connectivity index (χ1n) is 14.8. The van der Waals surface area contributed by atoms with Crippen molar-refractivity contribution in [2.45, 2.75) is 45.2 Å². The second-order valence-corrected chi connectivity index (χ2v) is 10.6. The van der Waals surface area contributed by atoms with Crippen molar-refractivity contribution in [2.24, 2.45) is 4.99 Å². The molecule has 10 nitrogen and oxygen atoms in total. The van der Waals surface area contributed by atoms with E-state index in [1.54, 1.807) is 30.0 Å². The first-order chi connectivity index (χ1) is 21.9. The molecule has 1 aliphatic rings. The molecule has 2 heterocycles. The fourth-order valence-electron chi connectivity index (χ4n) is 5.12. The molecule has 2 atom stereocenters. The molecule has 1 aromatic heterocycles. The van der Waals surface area contributed by atoms with Crippen LogP contribution in [0.15, 0.2) is 108 Å². The average Bonchev–Trinajstić information content (AvgIpc) is 3.58. The molecular weight excluding hydrogens is 572 g/mol. The Kier molecular flexibility index (Phi) is 10.3. The van der Waals surface area contributed by atoms with Crippen molar-refractivity contribution >= 4 is 23.8 Å². The highest BCUT2D eigenvalue weighted by Gasteiger charge is 2.37. The molecule has 1 unspecified atom stereocenters. The Balaban J connectivity index is 1.13. The van der Waals surface area contributed by atoms with Gasteiger partial charge in [-0.2, -0.15) is 4.57 Å². The monoisotopic (exact) mass is 608 g/mol. The Bertz CT molecular complexity index is 1630. The number of amides is 1. The normalized spacial score (nSPS) is 15.3. The fraction of sp³-hybridized carbons (Fsp3) is 0.257. The van der Waals surface area contributed by atoms with Gasteiger partial charge in [-0.05, 0) is 48.2 Å². The van der Waals surface area contributed by atoms with Crippen LogP contribution in [-0.4, -0.2) is 42.7 Å². The zero-order valence-corrected chi connectivity index (χ0v) is 25.3. The minimum absolute atomic E-state index is 0.136. The summed E-state index contributed by atoms with van der Waals surface area (Å²) in [6.45, 7) is 2.68. The number of benzene rings is 3. The van der Waals surface area contributed by atoms with Gasteiger partial charge < -0.3 is 24.6 Å². The Hall–Kier alpha value is -5.38. The molecule has 10 heteroatoms. The van der Waals surface area contributed by atoms with Crippen LogP contribution in [0, 0.1) is 0 Å². The molecule has 0 radical (unpaired) electrons. The van der Waals surface area contributed by atoms with E-state index in [1.807, 2.05) is 72.8 Å². The zero-order valence-electron chi connectivity index (χ0n) is 25.3. The van der Waals surface area contributed by atoms with Crippen molar-refractivity contribution in [1.82, 2.24) is 4.90 Å². The molecular formula is C35H36N4O6. The number of anilines is 1. The fourth-order valence-corrected chi connectivity index (χ4v) is 5.12. The van der Waals surface area contributed by atoms with Crippen LogP contribution >= 0.6 is 0 Å². The summed E-state index contributed by atoms with van der Waals surface area (Å²) in [7, 11) is 1.31. The number of carbonyl (C=O) groups is 2. The smallest absolute Gasteiger partial charge is 0.415 e. The lowest BCUT2D eigenvalue weighted by Crippen LogP contribution is -2.46. The van der Waals surface area contributed by atoms with Crippen LogP contribution in [0.3, 0.4) is 0 Å². The van der Waals surface area contributed by atoms with Gasteiger partial charge in [0, 0.05) is 36.3 Å². The molecule has 0 spiro atoms. The molecule has 4 aromatic rings. The van der Waals surface area contributed by atoms with Crippen molar-refractivity contribution < 1.29 is 33.5 Å². The Morgan fingerprint density at radius 1 is 1.00 bits per heavy atom. The second-order valence-electron chi connectivity index (χ2n) is 10.6. The second kappa shape index (κ2) is 14.9. The minimum atomic E-state index is -0.639. The van der Waals surface area contributed by atoms with E-state index in [-0.39, 0.29) is 6.54 Å². The van der Waals surface area contributed by atoms with Crippen LogP contribution in [0.1, 0.15) is 37.1 Å². The number of likely N-dealkylation sites (tertiary alicyclic amines) is 1. The van der Waals surface area contributed by atoms with Crippen LogP contribution < -0.4 is 19.7 Å². The third-order valence-corrected chi connectivity index (χ3v) is 7.51. The standard InChI is InChI=1S/C35H36N4O6/c1-25(45-35(42)39-21-9-14-31(39)33(40)43-2)38-20-8-10-27(23-38)22-36-34(41)37-29-18-16-26(17-19-29)24-44-32-15-7-6-13-30(32)28-11-4-3-5-12-28/h3-8,10-13,15-20,23,25,31H,9,14,21-22,24H2,1-2H3,(H-,36,37,41)/t25?,31-/m0/s1. The number of hydrogen-bond donors (Lipinski definition) is 1. The number of methoxy groups -OCH3 is 1.